The molecule has 0 heterocycles. The van der Waals surface area contributed by atoms with Gasteiger partial charge in [-0.1, -0.05) is 18.8 Å². The Balaban J connectivity index is 3.36. The predicted octanol–water partition coefficient (Wildman–Crippen LogP) is 1.49. The molecule has 0 radical (unpaired) electrons. The summed E-state index contributed by atoms with van der Waals surface area (Å²) in [6.45, 7) is 5.05. The summed E-state index contributed by atoms with van der Waals surface area (Å²) in [5.41, 5.74) is 0.0491. The number of nitrogens with zero attached hydrogens (tertiary/aromatic N) is 1. The first kappa shape index (κ1) is 11.3. The van der Waals surface area contributed by atoms with Gasteiger partial charge in [0.05, 0.1) is 10.5 Å². The lowest BCUT2D eigenvalue weighted by atomic mass is 9.92. The molecule has 6 heteroatoms. The van der Waals surface area contributed by atoms with Crippen molar-refractivity contribution in [1.29, 1.82) is 0 Å². The molecule has 78 valence electrons. The zero-order valence-electron chi connectivity index (χ0n) is 7.81. The van der Waals surface area contributed by atoms with Crippen LogP contribution in [-0.4, -0.2) is 20.9 Å². The molecule has 0 saturated carbocycles. The second-order valence-corrected chi connectivity index (χ2v) is 3.35. The van der Waals surface area contributed by atoms with Gasteiger partial charge in [0, 0.05) is 6.08 Å². The van der Waals surface area contributed by atoms with Gasteiger partial charge in [0.2, 0.25) is 0 Å². The first-order valence-corrected chi connectivity index (χ1v) is 4.31. The smallest absolute Gasteiger partial charge is 0.337 e. The molecule has 15 heavy (non-hydrogen) atoms. The number of thiocarbonyl (C=S) groups is 1. The van der Waals surface area contributed by atoms with Gasteiger partial charge in [-0.3, -0.25) is 10.1 Å². The van der Waals surface area contributed by atoms with E-state index in [9.17, 15) is 14.9 Å². The van der Waals surface area contributed by atoms with Crippen LogP contribution in [0, 0.1) is 10.1 Å². The van der Waals surface area contributed by atoms with E-state index in [1.165, 1.54) is 13.0 Å². The van der Waals surface area contributed by atoms with Crippen LogP contribution in [0.3, 0.4) is 0 Å². The van der Waals surface area contributed by atoms with Gasteiger partial charge in [0.25, 0.3) is 5.70 Å². The van der Waals surface area contributed by atoms with Gasteiger partial charge in [-0.2, -0.15) is 0 Å². The third kappa shape index (κ3) is 1.84. The number of rotatable bonds is 2. The number of carboxylic acid groups (broad SMARTS) is 1. The van der Waals surface area contributed by atoms with Crippen LogP contribution in [0.1, 0.15) is 6.92 Å². The van der Waals surface area contributed by atoms with Gasteiger partial charge in [0.1, 0.15) is 4.86 Å². The van der Waals surface area contributed by atoms with Gasteiger partial charge in [0.15, 0.2) is 0 Å². The maximum atomic E-state index is 10.9. The fourth-order valence-electron chi connectivity index (χ4n) is 1.19. The topological polar surface area (TPSA) is 80.4 Å². The lowest BCUT2D eigenvalue weighted by Gasteiger charge is -2.13. The zero-order valence-corrected chi connectivity index (χ0v) is 8.63. The van der Waals surface area contributed by atoms with E-state index in [0.717, 1.165) is 0 Å². The average Bonchev–Trinajstić information content (AvgIpc) is 2.10. The number of hydrogen-bond acceptors (Lipinski definition) is 4. The molecule has 1 aliphatic carbocycles. The van der Waals surface area contributed by atoms with Crippen molar-refractivity contribution in [2.24, 2.45) is 0 Å². The summed E-state index contributed by atoms with van der Waals surface area (Å²) in [5, 5.41) is 19.4. The molecule has 1 N–H and O–H groups in total. The SMILES string of the molecule is C=C1C=C([N+](=O)[O-])C(=S)C(C(=O)O)=C1C. The van der Waals surface area contributed by atoms with Crippen LogP contribution in [-0.2, 0) is 4.79 Å². The molecular formula is C9H7NO4S. The highest BCUT2D eigenvalue weighted by molar-refractivity contribution is 7.81. The molecule has 0 bridgehead atoms. The minimum absolute atomic E-state index is 0.218. The molecule has 5 nitrogen and oxygen atoms in total. The van der Waals surface area contributed by atoms with Crippen molar-refractivity contribution in [2.75, 3.05) is 0 Å². The first-order valence-electron chi connectivity index (χ1n) is 3.90. The standard InChI is InChI=1S/C9H7NO4S/c1-4-3-6(10(13)14)8(15)7(5(4)2)9(11)12/h3H,1H2,2H3,(H,11,12). The van der Waals surface area contributed by atoms with Crippen LogP contribution in [0.25, 0.3) is 0 Å². The largest absolute Gasteiger partial charge is 0.478 e. The molecule has 0 aromatic heterocycles. The minimum atomic E-state index is -1.27. The highest BCUT2D eigenvalue weighted by atomic mass is 32.1. The fraction of sp³-hybridized carbons (Fsp3) is 0.111. The number of carbonyl (C=O) groups is 1. The summed E-state index contributed by atoms with van der Waals surface area (Å²) >= 11 is 4.74. The van der Waals surface area contributed by atoms with Gasteiger partial charge >= 0.3 is 5.97 Å². The molecule has 0 aliphatic heterocycles. The molecule has 0 saturated heterocycles. The highest BCUT2D eigenvalue weighted by Crippen LogP contribution is 2.26. The summed E-state index contributed by atoms with van der Waals surface area (Å²) in [4.78, 5) is 20.5. The average molecular weight is 225 g/mol. The van der Waals surface area contributed by atoms with Crippen LogP contribution in [0.15, 0.2) is 35.1 Å². The zero-order chi connectivity index (χ0) is 11.7. The van der Waals surface area contributed by atoms with E-state index in [1.54, 1.807) is 0 Å². The predicted molar refractivity (Wildman–Crippen MR) is 57.2 cm³/mol. The van der Waals surface area contributed by atoms with Gasteiger partial charge in [-0.15, -0.1) is 0 Å². The van der Waals surface area contributed by atoms with Crippen molar-refractivity contribution in [3.05, 3.63) is 45.2 Å². The molecule has 1 rings (SSSR count). The monoisotopic (exact) mass is 225 g/mol. The Labute approximate surface area is 90.6 Å². The molecule has 0 spiro atoms. The summed E-state index contributed by atoms with van der Waals surface area (Å²) in [5.74, 6) is -1.27. The molecule has 0 fully saturated rings. The van der Waals surface area contributed by atoms with Crippen molar-refractivity contribution in [2.45, 2.75) is 6.92 Å². The summed E-state index contributed by atoms with van der Waals surface area (Å²) in [6, 6.07) is 0. The van der Waals surface area contributed by atoms with Gasteiger partial charge < -0.3 is 5.11 Å². The van der Waals surface area contributed by atoms with E-state index in [-0.39, 0.29) is 10.4 Å². The second kappa shape index (κ2) is 3.74. The molecule has 1 aliphatic rings. The number of allylic oxidation sites excluding steroid dienone is 4. The third-order valence-corrected chi connectivity index (χ3v) is 2.45. The van der Waals surface area contributed by atoms with Gasteiger partial charge in [-0.25, -0.2) is 4.79 Å². The Morgan fingerprint density at radius 3 is 2.60 bits per heavy atom. The Kier molecular flexibility index (Phi) is 2.81. The molecule has 0 atom stereocenters. The summed E-state index contributed by atoms with van der Waals surface area (Å²) in [7, 11) is 0. The van der Waals surface area contributed by atoms with Crippen molar-refractivity contribution < 1.29 is 14.8 Å². The minimum Gasteiger partial charge on any atom is -0.478 e. The number of aliphatic carboxylic acids is 1. The number of hydrogen-bond donors (Lipinski definition) is 1. The van der Waals surface area contributed by atoms with E-state index < -0.39 is 16.6 Å². The lowest BCUT2D eigenvalue weighted by molar-refractivity contribution is -0.414. The van der Waals surface area contributed by atoms with Crippen LogP contribution in [0.4, 0.5) is 0 Å². The molecule has 0 unspecified atom stereocenters. The van der Waals surface area contributed by atoms with Crippen LogP contribution in [0.5, 0.6) is 0 Å². The number of nitro groups is 1. The Bertz CT molecular complexity index is 459. The molecule has 0 amide bonds. The van der Waals surface area contributed by atoms with Crippen LogP contribution < -0.4 is 0 Å². The van der Waals surface area contributed by atoms with Crippen molar-refractivity contribution in [3.8, 4) is 0 Å². The Morgan fingerprint density at radius 1 is 1.67 bits per heavy atom. The quantitative estimate of drug-likeness (QED) is 0.437. The lowest BCUT2D eigenvalue weighted by Crippen LogP contribution is -2.22. The van der Waals surface area contributed by atoms with E-state index >= 15 is 0 Å². The highest BCUT2D eigenvalue weighted by Gasteiger charge is 2.31. The van der Waals surface area contributed by atoms with E-state index in [1.807, 2.05) is 0 Å². The van der Waals surface area contributed by atoms with Crippen LogP contribution >= 0.6 is 12.2 Å². The van der Waals surface area contributed by atoms with E-state index in [2.05, 4.69) is 6.58 Å². The second-order valence-electron chi connectivity index (χ2n) is 2.95. The van der Waals surface area contributed by atoms with E-state index in [0.29, 0.717) is 11.1 Å². The van der Waals surface area contributed by atoms with Gasteiger partial charge in [-0.05, 0) is 18.1 Å². The van der Waals surface area contributed by atoms with Crippen LogP contribution in [0.2, 0.25) is 0 Å². The molecule has 0 aromatic rings. The summed E-state index contributed by atoms with van der Waals surface area (Å²) in [6.07, 6.45) is 1.18. The normalized spacial score (nSPS) is 16.5. The van der Waals surface area contributed by atoms with Crippen molar-refractivity contribution in [3.63, 3.8) is 0 Å². The maximum Gasteiger partial charge on any atom is 0.337 e. The summed E-state index contributed by atoms with van der Waals surface area (Å²) < 4.78 is 0. The third-order valence-electron chi connectivity index (χ3n) is 2.04. The maximum absolute atomic E-state index is 10.9. The molecular weight excluding hydrogens is 218 g/mol. The first-order chi connectivity index (χ1) is 6.86. The Morgan fingerprint density at radius 2 is 2.20 bits per heavy atom. The van der Waals surface area contributed by atoms with E-state index in [4.69, 9.17) is 17.3 Å². The number of carboxylic acids is 1. The Hall–Kier alpha value is -1.82. The fourth-order valence-corrected chi connectivity index (χ4v) is 1.56. The molecule has 0 aromatic carbocycles. The van der Waals surface area contributed by atoms with Crippen molar-refractivity contribution in [1.82, 2.24) is 0 Å². The van der Waals surface area contributed by atoms with Crippen molar-refractivity contribution >= 4 is 23.1 Å².